The maximum absolute atomic E-state index is 12.4. The highest BCUT2D eigenvalue weighted by atomic mass is 79.9. The van der Waals surface area contributed by atoms with Gasteiger partial charge in [0.2, 0.25) is 0 Å². The molecule has 7 heteroatoms. The van der Waals surface area contributed by atoms with Crippen molar-refractivity contribution in [2.24, 2.45) is 5.92 Å². The molecule has 2 aromatic rings. The predicted molar refractivity (Wildman–Crippen MR) is 88.3 cm³/mol. The average Bonchev–Trinajstić information content (AvgIpc) is 2.99. The molecule has 0 bridgehead atoms. The smallest absolute Gasteiger partial charge is 0.357 e. The summed E-state index contributed by atoms with van der Waals surface area (Å²) in [7, 11) is 0. The van der Waals surface area contributed by atoms with Crippen molar-refractivity contribution >= 4 is 27.7 Å². The van der Waals surface area contributed by atoms with E-state index >= 15 is 0 Å². The van der Waals surface area contributed by atoms with Gasteiger partial charge in [0.15, 0.2) is 11.5 Å². The van der Waals surface area contributed by atoms with Crippen LogP contribution in [0.2, 0.25) is 0 Å². The van der Waals surface area contributed by atoms with Crippen molar-refractivity contribution in [2.45, 2.75) is 13.8 Å². The number of esters is 1. The molecule has 0 amide bonds. The van der Waals surface area contributed by atoms with E-state index in [1.807, 2.05) is 0 Å². The first-order valence-electron chi connectivity index (χ1n) is 7.16. The second-order valence-electron chi connectivity index (χ2n) is 5.00. The molecule has 1 aromatic carbocycles. The predicted octanol–water partition coefficient (Wildman–Crippen LogP) is 2.83. The molecule has 1 unspecified atom stereocenters. The summed E-state index contributed by atoms with van der Waals surface area (Å²) in [6.07, 6.45) is 0. The number of benzene rings is 1. The summed E-state index contributed by atoms with van der Waals surface area (Å²) in [5.41, 5.74) is 1.30. The van der Waals surface area contributed by atoms with Crippen LogP contribution in [-0.2, 0) is 4.74 Å². The minimum absolute atomic E-state index is 0.122. The molecular formula is C16H17BrN2O4. The van der Waals surface area contributed by atoms with Gasteiger partial charge in [-0.25, -0.2) is 4.79 Å². The minimum Gasteiger partial charge on any atom is -0.461 e. The fraction of sp³-hybridized carbons (Fsp3) is 0.312. The lowest BCUT2D eigenvalue weighted by atomic mass is 9.96. The fourth-order valence-electron chi connectivity index (χ4n) is 2.09. The van der Waals surface area contributed by atoms with Crippen LogP contribution in [0.25, 0.3) is 11.1 Å². The van der Waals surface area contributed by atoms with Crippen LogP contribution in [0.15, 0.2) is 28.7 Å². The first kappa shape index (κ1) is 17.4. The average molecular weight is 381 g/mol. The molecule has 0 aliphatic rings. The second-order valence-corrected chi connectivity index (χ2v) is 5.91. The fourth-order valence-corrected chi connectivity index (χ4v) is 2.35. The quantitative estimate of drug-likeness (QED) is 0.593. The van der Waals surface area contributed by atoms with E-state index in [-0.39, 0.29) is 30.4 Å². The van der Waals surface area contributed by atoms with Gasteiger partial charge in [0.1, 0.15) is 5.69 Å². The van der Waals surface area contributed by atoms with Crippen molar-refractivity contribution in [1.82, 2.24) is 10.2 Å². The molecule has 23 heavy (non-hydrogen) atoms. The summed E-state index contributed by atoms with van der Waals surface area (Å²) in [5.74, 6) is -1.52. The summed E-state index contributed by atoms with van der Waals surface area (Å²) in [5, 5.41) is 15.8. The molecule has 0 saturated carbocycles. The largest absolute Gasteiger partial charge is 0.461 e. The van der Waals surface area contributed by atoms with E-state index in [0.29, 0.717) is 11.1 Å². The number of aromatic nitrogens is 2. The Balaban J connectivity index is 2.58. The molecule has 2 N–H and O–H groups in total. The molecule has 0 spiro atoms. The van der Waals surface area contributed by atoms with Crippen LogP contribution < -0.4 is 0 Å². The number of aliphatic hydroxyl groups is 1. The SMILES string of the molecule is CCOC(=O)c1[nH]nc(C(=O)C(C)CO)c1-c1ccc(Br)cc1. The first-order valence-corrected chi connectivity index (χ1v) is 7.95. The Bertz CT molecular complexity index is 709. The molecule has 2 rings (SSSR count). The van der Waals surface area contributed by atoms with E-state index in [4.69, 9.17) is 4.74 Å². The Morgan fingerprint density at radius 1 is 1.35 bits per heavy atom. The minimum atomic E-state index is -0.609. The third-order valence-electron chi connectivity index (χ3n) is 3.33. The number of nitrogens with zero attached hydrogens (tertiary/aromatic N) is 1. The third kappa shape index (κ3) is 3.68. The van der Waals surface area contributed by atoms with Gasteiger partial charge in [-0.15, -0.1) is 0 Å². The van der Waals surface area contributed by atoms with Crippen molar-refractivity contribution in [2.75, 3.05) is 13.2 Å². The van der Waals surface area contributed by atoms with Crippen LogP contribution in [-0.4, -0.2) is 40.3 Å². The van der Waals surface area contributed by atoms with Crippen molar-refractivity contribution in [1.29, 1.82) is 0 Å². The maximum atomic E-state index is 12.4. The van der Waals surface area contributed by atoms with Gasteiger partial charge >= 0.3 is 5.97 Å². The van der Waals surface area contributed by atoms with E-state index < -0.39 is 11.9 Å². The lowest BCUT2D eigenvalue weighted by Gasteiger charge is -2.08. The summed E-state index contributed by atoms with van der Waals surface area (Å²) in [4.78, 5) is 24.5. The molecule has 1 aromatic heterocycles. The molecule has 1 atom stereocenters. The normalized spacial score (nSPS) is 12.0. The Labute approximate surface area is 142 Å². The Morgan fingerprint density at radius 3 is 2.57 bits per heavy atom. The van der Waals surface area contributed by atoms with Crippen LogP contribution in [0.3, 0.4) is 0 Å². The standard InChI is InChI=1S/C16H17BrN2O4/c1-3-23-16(22)14-12(10-4-6-11(17)7-5-10)13(18-19-14)15(21)9(2)8-20/h4-7,9,20H,3,8H2,1-2H3,(H,18,19). The molecule has 0 radical (unpaired) electrons. The molecule has 1 heterocycles. The van der Waals surface area contributed by atoms with Gasteiger partial charge in [-0.05, 0) is 24.6 Å². The number of ketones is 1. The first-order chi connectivity index (χ1) is 11.0. The van der Waals surface area contributed by atoms with Crippen LogP contribution in [0.4, 0.5) is 0 Å². The number of nitrogens with one attached hydrogen (secondary N) is 1. The van der Waals surface area contributed by atoms with Crippen LogP contribution in [0.5, 0.6) is 0 Å². The van der Waals surface area contributed by atoms with E-state index in [1.54, 1.807) is 38.1 Å². The number of rotatable bonds is 6. The molecule has 0 fully saturated rings. The monoisotopic (exact) mass is 380 g/mol. The van der Waals surface area contributed by atoms with Crippen molar-refractivity contribution in [3.05, 3.63) is 40.1 Å². The second kappa shape index (κ2) is 7.52. The lowest BCUT2D eigenvalue weighted by molar-refractivity contribution is 0.0520. The van der Waals surface area contributed by atoms with Gasteiger partial charge in [0.25, 0.3) is 0 Å². The zero-order valence-electron chi connectivity index (χ0n) is 12.8. The van der Waals surface area contributed by atoms with Gasteiger partial charge in [-0.1, -0.05) is 35.0 Å². The molecule has 0 aliphatic carbocycles. The summed E-state index contributed by atoms with van der Waals surface area (Å²) in [6, 6.07) is 7.16. The highest BCUT2D eigenvalue weighted by Crippen LogP contribution is 2.29. The zero-order chi connectivity index (χ0) is 17.0. The number of carbonyl (C=O) groups excluding carboxylic acids is 2. The van der Waals surface area contributed by atoms with Crippen molar-refractivity contribution in [3.63, 3.8) is 0 Å². The number of hydrogen-bond donors (Lipinski definition) is 2. The van der Waals surface area contributed by atoms with Crippen LogP contribution in [0.1, 0.15) is 34.8 Å². The highest BCUT2D eigenvalue weighted by Gasteiger charge is 2.27. The van der Waals surface area contributed by atoms with E-state index in [1.165, 1.54) is 0 Å². The van der Waals surface area contributed by atoms with Gasteiger partial charge < -0.3 is 9.84 Å². The highest BCUT2D eigenvalue weighted by molar-refractivity contribution is 9.10. The number of ether oxygens (including phenoxy) is 1. The molecule has 6 nitrogen and oxygen atoms in total. The summed E-state index contributed by atoms with van der Waals surface area (Å²) < 4.78 is 5.89. The number of hydrogen-bond acceptors (Lipinski definition) is 5. The number of carbonyl (C=O) groups is 2. The van der Waals surface area contributed by atoms with Crippen molar-refractivity contribution in [3.8, 4) is 11.1 Å². The Kier molecular flexibility index (Phi) is 5.68. The molecule has 122 valence electrons. The number of Topliss-reactive ketones (excluding diaryl/α,β-unsaturated/α-hetero) is 1. The Hall–Kier alpha value is -1.99. The lowest BCUT2D eigenvalue weighted by Crippen LogP contribution is -2.16. The van der Waals surface area contributed by atoms with Gasteiger partial charge in [-0.3, -0.25) is 9.89 Å². The van der Waals surface area contributed by atoms with Gasteiger partial charge in [0.05, 0.1) is 13.2 Å². The van der Waals surface area contributed by atoms with Crippen LogP contribution in [0, 0.1) is 5.92 Å². The molecular weight excluding hydrogens is 364 g/mol. The third-order valence-corrected chi connectivity index (χ3v) is 3.86. The van der Waals surface area contributed by atoms with Gasteiger partial charge in [-0.2, -0.15) is 5.10 Å². The molecule has 0 aliphatic heterocycles. The number of H-pyrrole nitrogens is 1. The Morgan fingerprint density at radius 2 is 2.00 bits per heavy atom. The van der Waals surface area contributed by atoms with E-state index in [2.05, 4.69) is 26.1 Å². The van der Waals surface area contributed by atoms with Gasteiger partial charge in [0, 0.05) is 16.0 Å². The number of aliphatic hydroxyl groups excluding tert-OH is 1. The molecule has 0 saturated heterocycles. The van der Waals surface area contributed by atoms with E-state index in [9.17, 15) is 14.7 Å². The van der Waals surface area contributed by atoms with E-state index in [0.717, 1.165) is 4.47 Å². The van der Waals surface area contributed by atoms with Crippen LogP contribution >= 0.6 is 15.9 Å². The summed E-state index contributed by atoms with van der Waals surface area (Å²) in [6.45, 7) is 3.23. The topological polar surface area (TPSA) is 92.3 Å². The number of halogens is 1. The zero-order valence-corrected chi connectivity index (χ0v) is 14.4. The summed E-state index contributed by atoms with van der Waals surface area (Å²) >= 11 is 3.35. The van der Waals surface area contributed by atoms with Crippen molar-refractivity contribution < 1.29 is 19.4 Å². The maximum Gasteiger partial charge on any atom is 0.357 e. The number of aromatic amines is 1.